The van der Waals surface area contributed by atoms with Gasteiger partial charge in [0.15, 0.2) is 5.96 Å². The average molecular weight is 309 g/mol. The van der Waals surface area contributed by atoms with Crippen molar-refractivity contribution < 1.29 is 4.74 Å². The third-order valence-electron chi connectivity index (χ3n) is 2.86. The number of rotatable bonds is 9. The van der Waals surface area contributed by atoms with E-state index >= 15 is 0 Å². The Morgan fingerprint density at radius 3 is 2.48 bits per heavy atom. The lowest BCUT2D eigenvalue weighted by Gasteiger charge is -2.10. The Balaban J connectivity index is 2.50. The molecule has 118 valence electrons. The van der Waals surface area contributed by atoms with E-state index in [-0.39, 0.29) is 0 Å². The van der Waals surface area contributed by atoms with Gasteiger partial charge >= 0.3 is 0 Å². The zero-order chi connectivity index (χ0) is 15.3. The molecule has 0 fully saturated rings. The summed E-state index contributed by atoms with van der Waals surface area (Å²) in [5, 5.41) is 6.59. The van der Waals surface area contributed by atoms with Gasteiger partial charge in [-0.1, -0.05) is 24.3 Å². The highest BCUT2D eigenvalue weighted by atomic mass is 32.2. The minimum atomic E-state index is 0.679. The van der Waals surface area contributed by atoms with E-state index < -0.39 is 0 Å². The van der Waals surface area contributed by atoms with Gasteiger partial charge in [-0.25, -0.2) is 4.99 Å². The number of guanidine groups is 1. The zero-order valence-corrected chi connectivity index (χ0v) is 14.1. The highest BCUT2D eigenvalue weighted by Gasteiger charge is 1.98. The van der Waals surface area contributed by atoms with Crippen LogP contribution in [0.2, 0.25) is 0 Å². The number of ether oxygens (including phenoxy) is 1. The van der Waals surface area contributed by atoms with Crippen molar-refractivity contribution in [2.45, 2.75) is 27.0 Å². The standard InChI is InChI=1S/C16H27N3OS/c1-4-17-16(18-10-11-21-3)19-12-14-6-8-15(9-7-14)13-20-5-2/h6-9H,4-5,10-13H2,1-3H3,(H2,17,18,19). The lowest BCUT2D eigenvalue weighted by molar-refractivity contribution is 0.134. The molecular formula is C16H27N3OS. The second-order valence-electron chi connectivity index (χ2n) is 4.57. The number of nitrogens with zero attached hydrogens (tertiary/aromatic N) is 1. The van der Waals surface area contributed by atoms with E-state index in [1.165, 1.54) is 11.1 Å². The van der Waals surface area contributed by atoms with Crippen LogP contribution in [0.1, 0.15) is 25.0 Å². The van der Waals surface area contributed by atoms with Crippen LogP contribution in [0.3, 0.4) is 0 Å². The molecule has 2 N–H and O–H groups in total. The summed E-state index contributed by atoms with van der Waals surface area (Å²) in [6, 6.07) is 8.44. The van der Waals surface area contributed by atoms with Gasteiger partial charge in [0.25, 0.3) is 0 Å². The van der Waals surface area contributed by atoms with Gasteiger partial charge < -0.3 is 15.4 Å². The number of aliphatic imine (C=N–C) groups is 1. The molecule has 1 rings (SSSR count). The molecule has 5 heteroatoms. The first kappa shape index (κ1) is 17.9. The Morgan fingerprint density at radius 2 is 1.86 bits per heavy atom. The van der Waals surface area contributed by atoms with Crippen LogP contribution in [-0.4, -0.2) is 37.7 Å². The lowest BCUT2D eigenvalue weighted by Crippen LogP contribution is -2.38. The Morgan fingerprint density at radius 1 is 1.14 bits per heavy atom. The van der Waals surface area contributed by atoms with E-state index in [9.17, 15) is 0 Å². The maximum Gasteiger partial charge on any atom is 0.191 e. The van der Waals surface area contributed by atoms with Crippen LogP contribution >= 0.6 is 11.8 Å². The highest BCUT2D eigenvalue weighted by Crippen LogP contribution is 2.07. The molecule has 4 nitrogen and oxygen atoms in total. The number of nitrogens with one attached hydrogen (secondary N) is 2. The SMILES string of the molecule is CCNC(=NCc1ccc(COCC)cc1)NCCSC. The molecular weight excluding hydrogens is 282 g/mol. The molecule has 0 bridgehead atoms. The Hall–Kier alpha value is -1.20. The van der Waals surface area contributed by atoms with E-state index in [2.05, 4.69) is 53.1 Å². The fourth-order valence-corrected chi connectivity index (χ4v) is 2.05. The van der Waals surface area contributed by atoms with Crippen molar-refractivity contribution in [3.63, 3.8) is 0 Å². The van der Waals surface area contributed by atoms with Crippen LogP contribution in [-0.2, 0) is 17.9 Å². The van der Waals surface area contributed by atoms with Crippen molar-refractivity contribution in [2.24, 2.45) is 4.99 Å². The first-order valence-electron chi connectivity index (χ1n) is 7.46. The number of thioether (sulfide) groups is 1. The summed E-state index contributed by atoms with van der Waals surface area (Å²) in [7, 11) is 0. The quantitative estimate of drug-likeness (QED) is 0.418. The molecule has 0 unspecified atom stereocenters. The van der Waals surface area contributed by atoms with Crippen LogP contribution in [0.4, 0.5) is 0 Å². The second-order valence-corrected chi connectivity index (χ2v) is 5.55. The Labute approximate surface area is 132 Å². The maximum atomic E-state index is 5.39. The van der Waals surface area contributed by atoms with Crippen molar-refractivity contribution >= 4 is 17.7 Å². The van der Waals surface area contributed by atoms with Gasteiger partial charge in [0, 0.05) is 25.4 Å². The summed E-state index contributed by atoms with van der Waals surface area (Å²) in [6.45, 7) is 8.00. The normalized spacial score (nSPS) is 11.5. The van der Waals surface area contributed by atoms with Crippen molar-refractivity contribution in [2.75, 3.05) is 31.7 Å². The molecule has 0 spiro atoms. The van der Waals surface area contributed by atoms with Gasteiger partial charge in [0.1, 0.15) is 0 Å². The Kier molecular flexibility index (Phi) is 9.74. The van der Waals surface area contributed by atoms with Crippen LogP contribution < -0.4 is 10.6 Å². The molecule has 0 atom stereocenters. The van der Waals surface area contributed by atoms with Crippen LogP contribution in [0.25, 0.3) is 0 Å². The molecule has 0 saturated carbocycles. The minimum absolute atomic E-state index is 0.679. The predicted molar refractivity (Wildman–Crippen MR) is 93.0 cm³/mol. The van der Waals surface area contributed by atoms with Crippen molar-refractivity contribution in [3.05, 3.63) is 35.4 Å². The zero-order valence-electron chi connectivity index (χ0n) is 13.3. The van der Waals surface area contributed by atoms with E-state index in [4.69, 9.17) is 4.74 Å². The first-order chi connectivity index (χ1) is 10.3. The van der Waals surface area contributed by atoms with E-state index in [1.54, 1.807) is 0 Å². The fraction of sp³-hybridized carbons (Fsp3) is 0.562. The summed E-state index contributed by atoms with van der Waals surface area (Å²) >= 11 is 1.83. The second kappa shape index (κ2) is 11.5. The molecule has 0 aliphatic rings. The molecule has 0 saturated heterocycles. The summed E-state index contributed by atoms with van der Waals surface area (Å²) < 4.78 is 5.39. The van der Waals surface area contributed by atoms with Crippen LogP contribution in [0.15, 0.2) is 29.3 Å². The monoisotopic (exact) mass is 309 g/mol. The van der Waals surface area contributed by atoms with Gasteiger partial charge in [-0.15, -0.1) is 0 Å². The summed E-state index contributed by atoms with van der Waals surface area (Å²) in [4.78, 5) is 4.60. The molecule has 0 aliphatic heterocycles. The molecule has 0 amide bonds. The lowest BCUT2D eigenvalue weighted by atomic mass is 10.1. The summed E-state index contributed by atoms with van der Waals surface area (Å²) in [6.07, 6.45) is 2.11. The maximum absolute atomic E-state index is 5.39. The predicted octanol–water partition coefficient (Wildman–Crippen LogP) is 2.64. The Bertz CT molecular complexity index is 406. The largest absolute Gasteiger partial charge is 0.377 e. The van der Waals surface area contributed by atoms with E-state index in [0.717, 1.165) is 31.4 Å². The van der Waals surface area contributed by atoms with E-state index in [1.807, 2.05) is 18.7 Å². The van der Waals surface area contributed by atoms with Gasteiger partial charge in [0.2, 0.25) is 0 Å². The van der Waals surface area contributed by atoms with Crippen molar-refractivity contribution in [3.8, 4) is 0 Å². The molecule has 1 aromatic carbocycles. The average Bonchev–Trinajstić information content (AvgIpc) is 2.52. The van der Waals surface area contributed by atoms with Crippen molar-refractivity contribution in [1.29, 1.82) is 0 Å². The number of hydrogen-bond donors (Lipinski definition) is 2. The van der Waals surface area contributed by atoms with Crippen LogP contribution in [0, 0.1) is 0 Å². The summed E-state index contributed by atoms with van der Waals surface area (Å²) in [5.74, 6) is 1.96. The molecule has 1 aromatic rings. The molecule has 0 aromatic heterocycles. The van der Waals surface area contributed by atoms with Crippen LogP contribution in [0.5, 0.6) is 0 Å². The molecule has 0 radical (unpaired) electrons. The molecule has 21 heavy (non-hydrogen) atoms. The minimum Gasteiger partial charge on any atom is -0.377 e. The third-order valence-corrected chi connectivity index (χ3v) is 3.47. The van der Waals surface area contributed by atoms with Gasteiger partial charge in [-0.3, -0.25) is 0 Å². The summed E-state index contributed by atoms with van der Waals surface area (Å²) in [5.41, 5.74) is 2.41. The molecule has 0 aliphatic carbocycles. The van der Waals surface area contributed by atoms with Gasteiger partial charge in [-0.2, -0.15) is 11.8 Å². The first-order valence-corrected chi connectivity index (χ1v) is 8.86. The van der Waals surface area contributed by atoms with Gasteiger partial charge in [0.05, 0.1) is 13.2 Å². The highest BCUT2D eigenvalue weighted by molar-refractivity contribution is 7.98. The topological polar surface area (TPSA) is 45.7 Å². The van der Waals surface area contributed by atoms with Gasteiger partial charge in [-0.05, 0) is 31.2 Å². The number of benzene rings is 1. The third kappa shape index (κ3) is 7.97. The fourth-order valence-electron chi connectivity index (χ4n) is 1.74. The van der Waals surface area contributed by atoms with Crippen molar-refractivity contribution in [1.82, 2.24) is 10.6 Å². The smallest absolute Gasteiger partial charge is 0.191 e. The van der Waals surface area contributed by atoms with E-state index in [0.29, 0.717) is 13.2 Å². The number of hydrogen-bond acceptors (Lipinski definition) is 3. The molecule has 0 heterocycles.